The minimum atomic E-state index is -0.0949. The summed E-state index contributed by atoms with van der Waals surface area (Å²) in [5.74, 6) is -0.0949. The molecule has 2 N–H and O–H groups in total. The molecule has 1 unspecified atom stereocenters. The zero-order valence-electron chi connectivity index (χ0n) is 10.0. The van der Waals surface area contributed by atoms with E-state index in [0.717, 1.165) is 30.6 Å². The summed E-state index contributed by atoms with van der Waals surface area (Å²) in [5.41, 5.74) is 4.69. The van der Waals surface area contributed by atoms with Crippen molar-refractivity contribution in [2.45, 2.75) is 25.9 Å². The maximum atomic E-state index is 11.6. The van der Waals surface area contributed by atoms with E-state index in [-0.39, 0.29) is 12.0 Å². The van der Waals surface area contributed by atoms with Gasteiger partial charge in [0, 0.05) is 6.54 Å². The Balaban J connectivity index is 1.76. The third kappa shape index (κ3) is 3.84. The van der Waals surface area contributed by atoms with Gasteiger partial charge in [-0.1, -0.05) is 29.8 Å². The van der Waals surface area contributed by atoms with Gasteiger partial charge in [-0.3, -0.25) is 9.63 Å². The zero-order chi connectivity index (χ0) is 12.1. The van der Waals surface area contributed by atoms with E-state index in [1.165, 1.54) is 0 Å². The Morgan fingerprint density at radius 3 is 3.18 bits per heavy atom. The van der Waals surface area contributed by atoms with Crippen LogP contribution >= 0.6 is 0 Å². The minimum Gasteiger partial charge on any atom is -0.314 e. The summed E-state index contributed by atoms with van der Waals surface area (Å²) < 4.78 is 0. The van der Waals surface area contributed by atoms with Gasteiger partial charge in [0.05, 0.1) is 12.5 Å². The number of amides is 1. The Morgan fingerprint density at radius 2 is 2.47 bits per heavy atom. The van der Waals surface area contributed by atoms with Crippen LogP contribution in [0.1, 0.15) is 17.5 Å². The van der Waals surface area contributed by atoms with Gasteiger partial charge in [-0.25, -0.2) is 5.48 Å². The van der Waals surface area contributed by atoms with Crippen LogP contribution in [0.3, 0.4) is 0 Å². The lowest BCUT2D eigenvalue weighted by Crippen LogP contribution is -2.31. The highest BCUT2D eigenvalue weighted by atomic mass is 16.7. The van der Waals surface area contributed by atoms with E-state index in [4.69, 9.17) is 4.84 Å². The van der Waals surface area contributed by atoms with Crippen molar-refractivity contribution in [3.63, 3.8) is 0 Å². The molecule has 4 heteroatoms. The van der Waals surface area contributed by atoms with Crippen LogP contribution < -0.4 is 10.8 Å². The average Bonchev–Trinajstić information content (AvgIpc) is 2.79. The Kier molecular flexibility index (Phi) is 4.12. The Labute approximate surface area is 101 Å². The first-order valence-electron chi connectivity index (χ1n) is 5.95. The fourth-order valence-corrected chi connectivity index (χ4v) is 1.92. The molecule has 1 saturated heterocycles. The second-order valence-corrected chi connectivity index (χ2v) is 4.42. The molecule has 17 heavy (non-hydrogen) atoms. The van der Waals surface area contributed by atoms with Crippen LogP contribution in [0.2, 0.25) is 0 Å². The lowest BCUT2D eigenvalue weighted by molar-refractivity contribution is -0.136. The molecular formula is C13H18N2O2. The summed E-state index contributed by atoms with van der Waals surface area (Å²) >= 11 is 0. The smallest absolute Gasteiger partial charge is 0.247 e. The molecule has 0 aliphatic carbocycles. The monoisotopic (exact) mass is 234 g/mol. The molecule has 92 valence electrons. The Bertz CT molecular complexity index is 387. The largest absolute Gasteiger partial charge is 0.314 e. The molecule has 2 rings (SSSR count). The summed E-state index contributed by atoms with van der Waals surface area (Å²) in [4.78, 5) is 16.9. The molecule has 0 bridgehead atoms. The van der Waals surface area contributed by atoms with E-state index in [2.05, 4.69) is 10.8 Å². The van der Waals surface area contributed by atoms with E-state index >= 15 is 0 Å². The molecule has 1 aliphatic rings. The van der Waals surface area contributed by atoms with E-state index < -0.39 is 0 Å². The predicted molar refractivity (Wildman–Crippen MR) is 65.4 cm³/mol. The lowest BCUT2D eigenvalue weighted by Gasteiger charge is -2.10. The first-order valence-corrected chi connectivity index (χ1v) is 5.95. The van der Waals surface area contributed by atoms with Crippen molar-refractivity contribution in [1.82, 2.24) is 10.8 Å². The average molecular weight is 234 g/mol. The molecule has 0 spiro atoms. The van der Waals surface area contributed by atoms with Crippen LogP contribution in [0.25, 0.3) is 0 Å². The highest BCUT2D eigenvalue weighted by molar-refractivity contribution is 5.77. The number of aryl methyl sites for hydroxylation is 1. The fourth-order valence-electron chi connectivity index (χ4n) is 1.92. The Hall–Kier alpha value is -1.39. The maximum Gasteiger partial charge on any atom is 0.247 e. The molecule has 0 aromatic heterocycles. The van der Waals surface area contributed by atoms with Gasteiger partial charge in [0.1, 0.15) is 0 Å². The highest BCUT2D eigenvalue weighted by Crippen LogP contribution is 2.05. The number of hydrogen-bond donors (Lipinski definition) is 2. The quantitative estimate of drug-likeness (QED) is 0.763. The molecule has 1 fully saturated rings. The fraction of sp³-hybridized carbons (Fsp3) is 0.462. The summed E-state index contributed by atoms with van der Waals surface area (Å²) in [7, 11) is 0. The summed E-state index contributed by atoms with van der Waals surface area (Å²) in [6.07, 6.45) is 1.42. The third-order valence-electron chi connectivity index (χ3n) is 2.80. The summed E-state index contributed by atoms with van der Waals surface area (Å²) in [6.45, 7) is 3.78. The van der Waals surface area contributed by atoms with Gasteiger partial charge in [0.15, 0.2) is 0 Å². The molecule has 1 aromatic carbocycles. The lowest BCUT2D eigenvalue weighted by atomic mass is 10.1. The highest BCUT2D eigenvalue weighted by Gasteiger charge is 2.16. The molecule has 0 saturated carbocycles. The topological polar surface area (TPSA) is 50.4 Å². The van der Waals surface area contributed by atoms with Crippen molar-refractivity contribution in [3.05, 3.63) is 35.4 Å². The first-order chi connectivity index (χ1) is 8.24. The first kappa shape index (κ1) is 12.1. The van der Waals surface area contributed by atoms with Crippen LogP contribution in [0.15, 0.2) is 24.3 Å². The van der Waals surface area contributed by atoms with Crippen LogP contribution in [0, 0.1) is 6.92 Å². The molecule has 4 nitrogen and oxygen atoms in total. The van der Waals surface area contributed by atoms with Crippen molar-refractivity contribution < 1.29 is 9.63 Å². The Morgan fingerprint density at radius 1 is 1.59 bits per heavy atom. The number of carbonyl (C=O) groups is 1. The van der Waals surface area contributed by atoms with Crippen LogP contribution in [-0.2, 0) is 16.1 Å². The zero-order valence-corrected chi connectivity index (χ0v) is 10.0. The second kappa shape index (κ2) is 5.80. The minimum absolute atomic E-state index is 0.0949. The van der Waals surface area contributed by atoms with Gasteiger partial charge < -0.3 is 5.32 Å². The van der Waals surface area contributed by atoms with Gasteiger partial charge in [-0.2, -0.15) is 0 Å². The summed E-state index contributed by atoms with van der Waals surface area (Å²) in [6, 6.07) is 7.93. The number of rotatable bonds is 4. The van der Waals surface area contributed by atoms with Gasteiger partial charge in [0.2, 0.25) is 5.91 Å². The van der Waals surface area contributed by atoms with Crippen molar-refractivity contribution in [3.8, 4) is 0 Å². The SMILES string of the molecule is Cc1cccc(CC(=O)NOC2CCNC2)c1. The van der Waals surface area contributed by atoms with Crippen molar-refractivity contribution >= 4 is 5.91 Å². The van der Waals surface area contributed by atoms with Crippen LogP contribution in [-0.4, -0.2) is 25.1 Å². The third-order valence-corrected chi connectivity index (χ3v) is 2.80. The van der Waals surface area contributed by atoms with E-state index in [1.54, 1.807) is 0 Å². The van der Waals surface area contributed by atoms with Crippen LogP contribution in [0.4, 0.5) is 0 Å². The number of benzene rings is 1. The number of carbonyl (C=O) groups excluding carboxylic acids is 1. The standard InChI is InChI=1S/C13H18N2O2/c1-10-3-2-4-11(7-10)8-13(16)15-17-12-5-6-14-9-12/h2-4,7,12,14H,5-6,8-9H2,1H3,(H,15,16). The van der Waals surface area contributed by atoms with Gasteiger partial charge >= 0.3 is 0 Å². The van der Waals surface area contributed by atoms with Gasteiger partial charge in [-0.15, -0.1) is 0 Å². The van der Waals surface area contributed by atoms with Crippen molar-refractivity contribution in [2.75, 3.05) is 13.1 Å². The molecular weight excluding hydrogens is 216 g/mol. The molecule has 1 amide bonds. The van der Waals surface area contributed by atoms with Gasteiger partial charge in [0.25, 0.3) is 0 Å². The molecule has 1 aromatic rings. The maximum absolute atomic E-state index is 11.6. The van der Waals surface area contributed by atoms with Crippen LogP contribution in [0.5, 0.6) is 0 Å². The normalized spacial score (nSPS) is 19.2. The predicted octanol–water partition coefficient (Wildman–Crippen LogP) is 0.947. The number of hydroxylamine groups is 1. The van der Waals surface area contributed by atoms with E-state index in [9.17, 15) is 4.79 Å². The van der Waals surface area contributed by atoms with E-state index in [0.29, 0.717) is 6.42 Å². The summed E-state index contributed by atoms with van der Waals surface area (Å²) in [5, 5.41) is 3.18. The molecule has 1 heterocycles. The van der Waals surface area contributed by atoms with E-state index in [1.807, 2.05) is 31.2 Å². The molecule has 0 radical (unpaired) electrons. The molecule has 1 aliphatic heterocycles. The van der Waals surface area contributed by atoms with Crippen molar-refractivity contribution in [1.29, 1.82) is 0 Å². The molecule has 1 atom stereocenters. The van der Waals surface area contributed by atoms with Gasteiger partial charge in [-0.05, 0) is 25.5 Å². The number of nitrogens with one attached hydrogen (secondary N) is 2. The second-order valence-electron chi connectivity index (χ2n) is 4.42. The van der Waals surface area contributed by atoms with Crippen molar-refractivity contribution in [2.24, 2.45) is 0 Å². The number of hydrogen-bond acceptors (Lipinski definition) is 3.